The lowest BCUT2D eigenvalue weighted by Gasteiger charge is -2.31. The Hall–Kier alpha value is -2.61. The maximum atomic E-state index is 13.6. The zero-order valence-corrected chi connectivity index (χ0v) is 20.7. The molecule has 1 aliphatic heterocycles. The predicted molar refractivity (Wildman–Crippen MR) is 132 cm³/mol. The van der Waals surface area contributed by atoms with Crippen LogP contribution in [-0.4, -0.2) is 41.8 Å². The van der Waals surface area contributed by atoms with E-state index < -0.39 is 18.1 Å². The zero-order chi connectivity index (χ0) is 23.4. The zero-order valence-electron chi connectivity index (χ0n) is 19.1. The number of rotatable bonds is 7. The van der Waals surface area contributed by atoms with Crippen LogP contribution in [0.1, 0.15) is 37.9 Å². The van der Waals surface area contributed by atoms with Gasteiger partial charge in [-0.3, -0.25) is 14.4 Å². The molecular formula is C24H30Cl2N4O3. The van der Waals surface area contributed by atoms with Crippen LogP contribution in [0.3, 0.4) is 0 Å². The van der Waals surface area contributed by atoms with E-state index in [1.807, 2.05) is 38.1 Å². The van der Waals surface area contributed by atoms with Gasteiger partial charge in [-0.05, 0) is 43.1 Å². The molecule has 0 fully saturated rings. The Morgan fingerprint density at radius 2 is 1.67 bits per heavy atom. The molecule has 3 atom stereocenters. The van der Waals surface area contributed by atoms with E-state index in [0.717, 1.165) is 11.1 Å². The molecule has 2 aromatic carbocycles. The summed E-state index contributed by atoms with van der Waals surface area (Å²) < 4.78 is 0. The number of benzene rings is 2. The van der Waals surface area contributed by atoms with Gasteiger partial charge in [0.05, 0.1) is 16.8 Å². The van der Waals surface area contributed by atoms with E-state index >= 15 is 0 Å². The summed E-state index contributed by atoms with van der Waals surface area (Å²) >= 11 is 6.22. The molecule has 3 N–H and O–H groups in total. The summed E-state index contributed by atoms with van der Waals surface area (Å²) in [7, 11) is 1.68. The number of nitrogens with one attached hydrogen (secondary N) is 3. The van der Waals surface area contributed by atoms with Gasteiger partial charge in [0, 0.05) is 6.54 Å². The highest BCUT2D eigenvalue weighted by atomic mass is 35.5. The van der Waals surface area contributed by atoms with E-state index in [1.165, 1.54) is 4.90 Å². The summed E-state index contributed by atoms with van der Waals surface area (Å²) in [6, 6.07) is 12.4. The largest absolute Gasteiger partial charge is 0.343 e. The molecule has 2 aromatic rings. The van der Waals surface area contributed by atoms with Crippen molar-refractivity contribution in [2.75, 3.05) is 12.4 Å². The quantitative estimate of drug-likeness (QED) is 0.551. The third-order valence-electron chi connectivity index (χ3n) is 5.72. The summed E-state index contributed by atoms with van der Waals surface area (Å²) in [4.78, 5) is 41.0. The van der Waals surface area contributed by atoms with Gasteiger partial charge in [0.2, 0.25) is 11.8 Å². The number of hydrogen-bond acceptors (Lipinski definition) is 4. The van der Waals surface area contributed by atoms with Crippen molar-refractivity contribution in [3.05, 3.63) is 64.7 Å². The molecule has 0 saturated carbocycles. The van der Waals surface area contributed by atoms with Gasteiger partial charge in [-0.2, -0.15) is 0 Å². The monoisotopic (exact) mass is 492 g/mol. The van der Waals surface area contributed by atoms with Crippen LogP contribution in [0.25, 0.3) is 0 Å². The van der Waals surface area contributed by atoms with Crippen LogP contribution in [-0.2, 0) is 20.9 Å². The van der Waals surface area contributed by atoms with Gasteiger partial charge in [0.25, 0.3) is 5.91 Å². The highest BCUT2D eigenvalue weighted by Crippen LogP contribution is 2.36. The minimum absolute atomic E-state index is 0. The normalized spacial score (nSPS) is 16.4. The summed E-state index contributed by atoms with van der Waals surface area (Å²) in [6.45, 7) is 5.75. The third-order valence-corrected chi connectivity index (χ3v) is 6.05. The van der Waals surface area contributed by atoms with Gasteiger partial charge in [0.1, 0.15) is 12.1 Å². The first-order valence-electron chi connectivity index (χ1n) is 10.7. The van der Waals surface area contributed by atoms with E-state index in [-0.39, 0.29) is 42.6 Å². The molecule has 33 heavy (non-hydrogen) atoms. The molecule has 0 aliphatic carbocycles. The van der Waals surface area contributed by atoms with Gasteiger partial charge in [0.15, 0.2) is 0 Å². The maximum Gasteiger partial charge on any atom is 0.251 e. The van der Waals surface area contributed by atoms with Crippen molar-refractivity contribution in [3.63, 3.8) is 0 Å². The highest BCUT2D eigenvalue weighted by molar-refractivity contribution is 6.33. The summed E-state index contributed by atoms with van der Waals surface area (Å²) in [5.41, 5.74) is 2.15. The van der Waals surface area contributed by atoms with E-state index in [2.05, 4.69) is 16.0 Å². The van der Waals surface area contributed by atoms with Crippen LogP contribution in [0.15, 0.2) is 48.5 Å². The lowest BCUT2D eigenvalue weighted by atomic mass is 10.0. The van der Waals surface area contributed by atoms with Gasteiger partial charge in [-0.25, -0.2) is 0 Å². The molecule has 0 bridgehead atoms. The second-order valence-corrected chi connectivity index (χ2v) is 8.68. The Bertz CT molecular complexity index is 1010. The third kappa shape index (κ3) is 5.85. The average molecular weight is 493 g/mol. The van der Waals surface area contributed by atoms with Crippen molar-refractivity contribution >= 4 is 47.4 Å². The van der Waals surface area contributed by atoms with Crippen molar-refractivity contribution in [2.45, 2.75) is 45.4 Å². The molecule has 0 saturated heterocycles. The molecule has 0 aromatic heterocycles. The summed E-state index contributed by atoms with van der Waals surface area (Å²) in [5.74, 6) is -1.08. The van der Waals surface area contributed by atoms with Crippen LogP contribution >= 0.6 is 24.0 Å². The van der Waals surface area contributed by atoms with Crippen LogP contribution in [0.5, 0.6) is 0 Å². The van der Waals surface area contributed by atoms with Crippen molar-refractivity contribution in [3.8, 4) is 0 Å². The number of carbonyl (C=O) groups excluding carboxylic acids is 3. The minimum Gasteiger partial charge on any atom is -0.343 e. The first-order valence-corrected chi connectivity index (χ1v) is 11.0. The molecule has 178 valence electrons. The number of para-hydroxylation sites is 1. The Labute approximate surface area is 205 Å². The number of carbonyl (C=O) groups is 3. The number of amides is 3. The molecule has 1 aliphatic rings. The smallest absolute Gasteiger partial charge is 0.251 e. The van der Waals surface area contributed by atoms with Crippen molar-refractivity contribution in [1.82, 2.24) is 15.5 Å². The van der Waals surface area contributed by atoms with Crippen molar-refractivity contribution in [1.29, 1.82) is 0 Å². The standard InChI is InChI=1S/C24H29ClN4O3.ClH/c1-14(2)20(28-22(30)15(3)26-4)24(32)29-13-16-9-5-6-10-17(16)21(29)23(31)27-19-12-8-7-11-18(19)25;/h5-12,14-15,20-21,26H,13H2,1-4H3,(H,27,31)(H,28,30);1H/t15?,20?,21-;/m0./s1. The second kappa shape index (κ2) is 11.5. The highest BCUT2D eigenvalue weighted by Gasteiger charge is 2.42. The van der Waals surface area contributed by atoms with Gasteiger partial charge in [-0.15, -0.1) is 12.4 Å². The molecule has 7 nitrogen and oxygen atoms in total. The maximum absolute atomic E-state index is 13.6. The summed E-state index contributed by atoms with van der Waals surface area (Å²) in [6.07, 6.45) is 0. The summed E-state index contributed by atoms with van der Waals surface area (Å²) in [5, 5.41) is 8.99. The number of nitrogens with zero attached hydrogens (tertiary/aromatic N) is 1. The SMILES string of the molecule is CNC(C)C(=O)NC(C(=O)N1Cc2ccccc2[C@H]1C(=O)Nc1ccccc1Cl)C(C)C.Cl. The van der Waals surface area contributed by atoms with E-state index in [0.29, 0.717) is 10.7 Å². The Kier molecular flexibility index (Phi) is 9.28. The Morgan fingerprint density at radius 1 is 1.03 bits per heavy atom. The first kappa shape index (κ1) is 26.6. The lowest BCUT2D eigenvalue weighted by molar-refractivity contribution is -0.143. The number of hydrogen-bond donors (Lipinski definition) is 3. The average Bonchev–Trinajstić information content (AvgIpc) is 3.17. The molecule has 3 amide bonds. The predicted octanol–water partition coefficient (Wildman–Crippen LogP) is 3.53. The second-order valence-electron chi connectivity index (χ2n) is 8.28. The molecule has 1 heterocycles. The fourth-order valence-electron chi connectivity index (χ4n) is 3.74. The van der Waals surface area contributed by atoms with Crippen molar-refractivity contribution in [2.24, 2.45) is 5.92 Å². The van der Waals surface area contributed by atoms with E-state index in [1.54, 1.807) is 38.2 Å². The molecule has 0 radical (unpaired) electrons. The van der Waals surface area contributed by atoms with Gasteiger partial charge < -0.3 is 20.9 Å². The minimum atomic E-state index is -0.824. The molecule has 0 spiro atoms. The number of fused-ring (bicyclic) bond motifs is 1. The van der Waals surface area contributed by atoms with Crippen LogP contribution < -0.4 is 16.0 Å². The van der Waals surface area contributed by atoms with Gasteiger partial charge >= 0.3 is 0 Å². The number of halogens is 2. The molecule has 3 rings (SSSR count). The van der Waals surface area contributed by atoms with Crippen molar-refractivity contribution < 1.29 is 14.4 Å². The van der Waals surface area contributed by atoms with E-state index in [9.17, 15) is 14.4 Å². The van der Waals surface area contributed by atoms with Crippen LogP contribution in [0.2, 0.25) is 5.02 Å². The van der Waals surface area contributed by atoms with Crippen LogP contribution in [0, 0.1) is 5.92 Å². The molecule has 9 heteroatoms. The number of likely N-dealkylation sites (N-methyl/N-ethyl adjacent to an activating group) is 1. The topological polar surface area (TPSA) is 90.5 Å². The van der Waals surface area contributed by atoms with Crippen LogP contribution in [0.4, 0.5) is 5.69 Å². The molecule has 2 unspecified atom stereocenters. The van der Waals surface area contributed by atoms with Gasteiger partial charge in [-0.1, -0.05) is 61.8 Å². The Morgan fingerprint density at radius 3 is 2.30 bits per heavy atom. The van der Waals surface area contributed by atoms with E-state index in [4.69, 9.17) is 11.6 Å². The molecular weight excluding hydrogens is 463 g/mol. The number of anilines is 1. The fourth-order valence-corrected chi connectivity index (χ4v) is 3.92. The fraction of sp³-hybridized carbons (Fsp3) is 0.375. The lowest BCUT2D eigenvalue weighted by Crippen LogP contribution is -2.55. The first-order chi connectivity index (χ1) is 15.2. The Balaban J connectivity index is 0.00000385.